The van der Waals surface area contributed by atoms with Crippen molar-refractivity contribution < 1.29 is 9.90 Å². The molecule has 0 aliphatic carbocycles. The van der Waals surface area contributed by atoms with Gasteiger partial charge in [0.05, 0.1) is 6.42 Å². The highest BCUT2D eigenvalue weighted by molar-refractivity contribution is 5.70. The molecule has 1 aromatic rings. The van der Waals surface area contributed by atoms with E-state index in [1.807, 2.05) is 39.0 Å². The van der Waals surface area contributed by atoms with Crippen molar-refractivity contribution >= 4 is 5.97 Å². The van der Waals surface area contributed by atoms with Crippen LogP contribution in [-0.4, -0.2) is 11.1 Å². The summed E-state index contributed by atoms with van der Waals surface area (Å²) in [6.45, 7) is 6.36. The second-order valence-electron chi connectivity index (χ2n) is 2.98. The van der Waals surface area contributed by atoms with Crippen molar-refractivity contribution in [3.63, 3.8) is 0 Å². The van der Waals surface area contributed by atoms with E-state index < -0.39 is 5.97 Å². The summed E-state index contributed by atoms with van der Waals surface area (Å²) >= 11 is 0. The van der Waals surface area contributed by atoms with E-state index in [0.29, 0.717) is 6.54 Å². The minimum Gasteiger partial charge on any atom is -0.481 e. The van der Waals surface area contributed by atoms with Crippen molar-refractivity contribution in [1.29, 1.82) is 0 Å². The molecule has 0 aliphatic rings. The van der Waals surface area contributed by atoms with Crippen molar-refractivity contribution in [2.24, 2.45) is 5.73 Å². The smallest absolute Gasteiger partial charge is 0.307 e. The van der Waals surface area contributed by atoms with Crippen LogP contribution in [0.4, 0.5) is 0 Å². The Bertz CT molecular complexity index is 321. The van der Waals surface area contributed by atoms with Crippen molar-refractivity contribution in [3.8, 4) is 0 Å². The maximum Gasteiger partial charge on any atom is 0.307 e. The molecule has 3 nitrogen and oxygen atoms in total. The second kappa shape index (κ2) is 7.01. The van der Waals surface area contributed by atoms with E-state index in [1.165, 1.54) is 0 Å². The molecular weight excluding hydrogens is 190 g/mol. The van der Waals surface area contributed by atoms with Gasteiger partial charge in [0.2, 0.25) is 0 Å². The zero-order valence-electron chi connectivity index (χ0n) is 9.58. The van der Waals surface area contributed by atoms with Gasteiger partial charge in [-0.05, 0) is 23.6 Å². The highest BCUT2D eigenvalue weighted by Gasteiger charge is 2.05. The Balaban J connectivity index is 0.000000921. The Morgan fingerprint density at radius 3 is 2.33 bits per heavy atom. The van der Waals surface area contributed by atoms with Crippen molar-refractivity contribution in [3.05, 3.63) is 34.9 Å². The highest BCUT2D eigenvalue weighted by atomic mass is 16.4. The van der Waals surface area contributed by atoms with E-state index in [1.54, 1.807) is 0 Å². The van der Waals surface area contributed by atoms with Crippen molar-refractivity contribution in [1.82, 2.24) is 0 Å². The van der Waals surface area contributed by atoms with Crippen LogP contribution in [0.25, 0.3) is 0 Å². The molecule has 3 heteroatoms. The summed E-state index contributed by atoms with van der Waals surface area (Å²) in [4.78, 5) is 10.5. The van der Waals surface area contributed by atoms with Crippen molar-refractivity contribution in [2.45, 2.75) is 33.7 Å². The highest BCUT2D eigenvalue weighted by Crippen LogP contribution is 2.13. The van der Waals surface area contributed by atoms with Gasteiger partial charge in [-0.3, -0.25) is 4.79 Å². The SMILES string of the molecule is CC.Cc1c(CN)cccc1CC(=O)O. The molecule has 0 aliphatic heterocycles. The molecule has 1 rings (SSSR count). The topological polar surface area (TPSA) is 63.3 Å². The summed E-state index contributed by atoms with van der Waals surface area (Å²) < 4.78 is 0. The summed E-state index contributed by atoms with van der Waals surface area (Å²) in [5.74, 6) is -0.808. The number of carbonyl (C=O) groups is 1. The van der Waals surface area contributed by atoms with Gasteiger partial charge in [-0.1, -0.05) is 32.0 Å². The largest absolute Gasteiger partial charge is 0.481 e. The summed E-state index contributed by atoms with van der Waals surface area (Å²) in [6.07, 6.45) is 0.0691. The molecule has 1 aromatic carbocycles. The van der Waals surface area contributed by atoms with Crippen molar-refractivity contribution in [2.75, 3.05) is 0 Å². The fourth-order valence-electron chi connectivity index (χ4n) is 1.31. The Hall–Kier alpha value is -1.35. The normalized spacial score (nSPS) is 9.07. The van der Waals surface area contributed by atoms with Gasteiger partial charge in [-0.2, -0.15) is 0 Å². The van der Waals surface area contributed by atoms with Gasteiger partial charge < -0.3 is 10.8 Å². The Morgan fingerprint density at radius 1 is 1.33 bits per heavy atom. The predicted molar refractivity (Wildman–Crippen MR) is 61.8 cm³/mol. The van der Waals surface area contributed by atoms with Gasteiger partial charge in [0.1, 0.15) is 0 Å². The molecule has 15 heavy (non-hydrogen) atoms. The maximum absolute atomic E-state index is 10.5. The first-order valence-corrected chi connectivity index (χ1v) is 5.14. The maximum atomic E-state index is 10.5. The van der Waals surface area contributed by atoms with Gasteiger partial charge in [0.15, 0.2) is 0 Å². The quantitative estimate of drug-likeness (QED) is 0.801. The Morgan fingerprint density at radius 2 is 1.87 bits per heavy atom. The van der Waals surface area contributed by atoms with Gasteiger partial charge in [0.25, 0.3) is 0 Å². The van der Waals surface area contributed by atoms with Crippen LogP contribution in [0.3, 0.4) is 0 Å². The molecule has 0 radical (unpaired) electrons. The number of nitrogens with two attached hydrogens (primary N) is 1. The van der Waals surface area contributed by atoms with Crippen LogP contribution in [0.5, 0.6) is 0 Å². The predicted octanol–water partition coefficient (Wildman–Crippen LogP) is 2.11. The number of aliphatic carboxylic acids is 1. The summed E-state index contributed by atoms with van der Waals surface area (Å²) in [6, 6.07) is 5.58. The molecule has 0 fully saturated rings. The van der Waals surface area contributed by atoms with Gasteiger partial charge in [0, 0.05) is 6.54 Å². The van der Waals surface area contributed by atoms with E-state index >= 15 is 0 Å². The molecule has 0 aromatic heterocycles. The molecular formula is C12H19NO2. The Labute approximate surface area is 90.9 Å². The number of benzene rings is 1. The fourth-order valence-corrected chi connectivity index (χ4v) is 1.31. The van der Waals surface area contributed by atoms with Crippen LogP contribution in [0.15, 0.2) is 18.2 Å². The summed E-state index contributed by atoms with van der Waals surface area (Å²) in [5.41, 5.74) is 8.35. The number of carboxylic acid groups (broad SMARTS) is 1. The van der Waals surface area contributed by atoms with E-state index in [4.69, 9.17) is 10.8 Å². The van der Waals surface area contributed by atoms with Gasteiger partial charge >= 0.3 is 5.97 Å². The zero-order chi connectivity index (χ0) is 11.8. The van der Waals surface area contributed by atoms with Gasteiger partial charge in [-0.15, -0.1) is 0 Å². The van der Waals surface area contributed by atoms with Gasteiger partial charge in [-0.25, -0.2) is 0 Å². The minimum absolute atomic E-state index is 0.0691. The molecule has 0 saturated heterocycles. The monoisotopic (exact) mass is 209 g/mol. The number of carboxylic acids is 1. The van der Waals surface area contributed by atoms with E-state index in [-0.39, 0.29) is 6.42 Å². The summed E-state index contributed by atoms with van der Waals surface area (Å²) in [5, 5.41) is 8.62. The third-order valence-corrected chi connectivity index (χ3v) is 2.12. The lowest BCUT2D eigenvalue weighted by atomic mass is 10.0. The number of hydrogen-bond donors (Lipinski definition) is 2. The van der Waals surface area contributed by atoms with Crippen LogP contribution in [0.1, 0.15) is 30.5 Å². The van der Waals surface area contributed by atoms with E-state index in [0.717, 1.165) is 16.7 Å². The lowest BCUT2D eigenvalue weighted by Crippen LogP contribution is -2.06. The third kappa shape index (κ3) is 4.13. The Kier molecular flexibility index (Phi) is 6.38. The molecule has 0 saturated carbocycles. The second-order valence-corrected chi connectivity index (χ2v) is 2.98. The van der Waals surface area contributed by atoms with Crippen LogP contribution < -0.4 is 5.73 Å². The first-order valence-electron chi connectivity index (χ1n) is 5.14. The molecule has 0 bridgehead atoms. The number of rotatable bonds is 3. The molecule has 0 atom stereocenters. The molecule has 0 spiro atoms. The first kappa shape index (κ1) is 13.7. The summed E-state index contributed by atoms with van der Waals surface area (Å²) in [7, 11) is 0. The standard InChI is InChI=1S/C10H13NO2.C2H6/c1-7-8(5-10(12)13)3-2-4-9(7)6-11;1-2/h2-4H,5-6,11H2,1H3,(H,12,13);1-2H3. The molecule has 3 N–H and O–H groups in total. The van der Waals surface area contributed by atoms with E-state index in [2.05, 4.69) is 0 Å². The van der Waals surface area contributed by atoms with Crippen LogP contribution in [-0.2, 0) is 17.8 Å². The fraction of sp³-hybridized carbons (Fsp3) is 0.417. The molecule has 84 valence electrons. The average Bonchev–Trinajstić information content (AvgIpc) is 2.23. The molecule has 0 unspecified atom stereocenters. The zero-order valence-corrected chi connectivity index (χ0v) is 9.58. The van der Waals surface area contributed by atoms with E-state index in [9.17, 15) is 4.79 Å². The molecule has 0 heterocycles. The minimum atomic E-state index is -0.808. The lowest BCUT2D eigenvalue weighted by Gasteiger charge is -2.07. The molecule has 0 amide bonds. The average molecular weight is 209 g/mol. The number of hydrogen-bond acceptors (Lipinski definition) is 2. The van der Waals surface area contributed by atoms with Crippen LogP contribution >= 0.6 is 0 Å². The first-order chi connectivity index (χ1) is 7.15. The van der Waals surface area contributed by atoms with Crippen LogP contribution in [0, 0.1) is 6.92 Å². The lowest BCUT2D eigenvalue weighted by molar-refractivity contribution is -0.136. The van der Waals surface area contributed by atoms with Crippen LogP contribution in [0.2, 0.25) is 0 Å². The third-order valence-electron chi connectivity index (χ3n) is 2.12.